The van der Waals surface area contributed by atoms with E-state index in [4.69, 9.17) is 15.2 Å². The number of nitrogen functional groups attached to an aromatic ring is 1. The fourth-order valence-corrected chi connectivity index (χ4v) is 3.26. The van der Waals surface area contributed by atoms with Crippen molar-refractivity contribution < 1.29 is 19.1 Å². The second-order valence-electron chi connectivity index (χ2n) is 7.92. The molecule has 1 fully saturated rings. The van der Waals surface area contributed by atoms with Crippen molar-refractivity contribution >= 4 is 17.9 Å². The van der Waals surface area contributed by atoms with E-state index in [0.717, 1.165) is 24.1 Å². The van der Waals surface area contributed by atoms with Crippen molar-refractivity contribution in [2.45, 2.75) is 45.1 Å². The fourth-order valence-electron chi connectivity index (χ4n) is 3.26. The lowest BCUT2D eigenvalue weighted by Gasteiger charge is -2.33. The van der Waals surface area contributed by atoms with Crippen LogP contribution in [0.4, 0.5) is 10.6 Å². The first kappa shape index (κ1) is 20.6. The average Bonchev–Trinajstić information content (AvgIpc) is 3.16. The fraction of sp³-hybridized carbons (Fsp3) is 0.526. The summed E-state index contributed by atoms with van der Waals surface area (Å²) < 4.78 is 10.2. The summed E-state index contributed by atoms with van der Waals surface area (Å²) in [6.45, 7) is 6.72. The minimum absolute atomic E-state index is 0.0105. The van der Waals surface area contributed by atoms with Crippen molar-refractivity contribution in [1.82, 2.24) is 25.1 Å². The van der Waals surface area contributed by atoms with Crippen molar-refractivity contribution in [1.29, 1.82) is 0 Å². The molecule has 1 aliphatic heterocycles. The van der Waals surface area contributed by atoms with Crippen molar-refractivity contribution in [3.05, 3.63) is 23.8 Å². The predicted octanol–water partition coefficient (Wildman–Crippen LogP) is 2.35. The van der Waals surface area contributed by atoms with Crippen molar-refractivity contribution in [3.8, 4) is 11.3 Å². The Morgan fingerprint density at radius 1 is 1.24 bits per heavy atom. The van der Waals surface area contributed by atoms with Gasteiger partial charge in [0.1, 0.15) is 5.60 Å². The standard InChI is InChI=1S/C19H26N6O4/c1-19(2,3)29-18(27)25-7-5-11(6-8-25)14-12(9-22-24-14)13-10-21-16(20)15(23-13)17(26)28-4/h9-11H,5-8H2,1-4H3,(H2,20,21)(H,22,24). The number of methoxy groups -OCH3 is 1. The Labute approximate surface area is 168 Å². The molecule has 0 aliphatic carbocycles. The van der Waals surface area contributed by atoms with E-state index in [9.17, 15) is 9.59 Å². The van der Waals surface area contributed by atoms with E-state index in [1.165, 1.54) is 13.3 Å². The third-order valence-corrected chi connectivity index (χ3v) is 4.68. The summed E-state index contributed by atoms with van der Waals surface area (Å²) in [5.74, 6) is -0.476. The maximum absolute atomic E-state index is 12.3. The monoisotopic (exact) mass is 402 g/mol. The summed E-state index contributed by atoms with van der Waals surface area (Å²) in [6, 6.07) is 0. The van der Waals surface area contributed by atoms with Gasteiger partial charge in [0.05, 0.1) is 25.2 Å². The number of carbonyl (C=O) groups excluding carboxylic acids is 2. The van der Waals surface area contributed by atoms with Crippen LogP contribution in [0.1, 0.15) is 55.7 Å². The molecule has 10 nitrogen and oxygen atoms in total. The molecule has 0 radical (unpaired) electrons. The molecule has 0 atom stereocenters. The first-order valence-corrected chi connectivity index (χ1v) is 9.42. The number of likely N-dealkylation sites (tertiary alicyclic amines) is 1. The zero-order valence-electron chi connectivity index (χ0n) is 17.1. The van der Waals surface area contributed by atoms with Crippen molar-refractivity contribution in [2.24, 2.45) is 0 Å². The minimum Gasteiger partial charge on any atom is -0.464 e. The van der Waals surface area contributed by atoms with E-state index < -0.39 is 11.6 Å². The molecule has 3 N–H and O–H groups in total. The van der Waals surface area contributed by atoms with Gasteiger partial charge in [-0.1, -0.05) is 0 Å². The van der Waals surface area contributed by atoms with E-state index in [2.05, 4.69) is 20.2 Å². The first-order chi connectivity index (χ1) is 13.7. The molecular weight excluding hydrogens is 376 g/mol. The molecule has 0 bridgehead atoms. The van der Waals surface area contributed by atoms with Gasteiger partial charge in [-0.3, -0.25) is 5.10 Å². The molecule has 10 heteroatoms. The van der Waals surface area contributed by atoms with Gasteiger partial charge < -0.3 is 20.1 Å². The molecule has 1 amide bonds. The Morgan fingerprint density at radius 2 is 1.93 bits per heavy atom. The maximum atomic E-state index is 12.3. The number of piperidine rings is 1. The number of rotatable bonds is 3. The molecule has 0 saturated carbocycles. The number of carbonyl (C=O) groups is 2. The summed E-state index contributed by atoms with van der Waals surface area (Å²) in [5.41, 5.74) is 7.32. The lowest BCUT2D eigenvalue weighted by molar-refractivity contribution is 0.0204. The average molecular weight is 402 g/mol. The summed E-state index contributed by atoms with van der Waals surface area (Å²) in [4.78, 5) is 34.2. The molecule has 29 heavy (non-hydrogen) atoms. The van der Waals surface area contributed by atoms with Gasteiger partial charge in [0.15, 0.2) is 11.5 Å². The maximum Gasteiger partial charge on any atom is 0.410 e. The van der Waals surface area contributed by atoms with Crippen LogP contribution in [-0.2, 0) is 9.47 Å². The second kappa shape index (κ2) is 8.06. The zero-order valence-corrected chi connectivity index (χ0v) is 17.1. The number of aromatic amines is 1. The number of amides is 1. The Morgan fingerprint density at radius 3 is 2.55 bits per heavy atom. The third-order valence-electron chi connectivity index (χ3n) is 4.68. The molecule has 1 aliphatic rings. The number of nitrogens with one attached hydrogen (secondary N) is 1. The molecular formula is C19H26N6O4. The van der Waals surface area contributed by atoms with E-state index in [-0.39, 0.29) is 23.5 Å². The van der Waals surface area contributed by atoms with E-state index in [1.54, 1.807) is 11.1 Å². The predicted molar refractivity (Wildman–Crippen MR) is 105 cm³/mol. The lowest BCUT2D eigenvalue weighted by atomic mass is 9.91. The van der Waals surface area contributed by atoms with Crippen LogP contribution in [0.3, 0.4) is 0 Å². The first-order valence-electron chi connectivity index (χ1n) is 9.42. The largest absolute Gasteiger partial charge is 0.464 e. The number of ether oxygens (including phenoxy) is 2. The SMILES string of the molecule is COC(=O)c1nc(-c2cn[nH]c2C2CCN(C(=O)OC(C)(C)C)CC2)cnc1N. The summed E-state index contributed by atoms with van der Waals surface area (Å²) in [5, 5.41) is 7.18. The number of esters is 1. The highest BCUT2D eigenvalue weighted by atomic mass is 16.6. The van der Waals surface area contributed by atoms with Crippen LogP contribution < -0.4 is 5.73 Å². The van der Waals surface area contributed by atoms with Crippen LogP contribution in [0, 0.1) is 0 Å². The van der Waals surface area contributed by atoms with E-state index >= 15 is 0 Å². The van der Waals surface area contributed by atoms with Gasteiger partial charge in [-0.15, -0.1) is 0 Å². The number of H-pyrrole nitrogens is 1. The minimum atomic E-state index is -0.646. The topological polar surface area (TPSA) is 136 Å². The molecule has 3 rings (SSSR count). The van der Waals surface area contributed by atoms with Crippen molar-refractivity contribution in [3.63, 3.8) is 0 Å². The van der Waals surface area contributed by atoms with Crippen LogP contribution in [0.15, 0.2) is 12.4 Å². The molecule has 0 unspecified atom stereocenters. The smallest absolute Gasteiger partial charge is 0.410 e. The van der Waals surface area contributed by atoms with Crippen molar-refractivity contribution in [2.75, 3.05) is 25.9 Å². The molecule has 1 saturated heterocycles. The number of hydrogen-bond acceptors (Lipinski definition) is 8. The highest BCUT2D eigenvalue weighted by molar-refractivity contribution is 5.92. The number of nitrogens with two attached hydrogens (primary N) is 1. The second-order valence-corrected chi connectivity index (χ2v) is 7.92. The highest BCUT2D eigenvalue weighted by Crippen LogP contribution is 2.33. The normalized spacial score (nSPS) is 15.2. The van der Waals surface area contributed by atoms with Gasteiger partial charge >= 0.3 is 12.1 Å². The number of aromatic nitrogens is 4. The quantitative estimate of drug-likeness (QED) is 0.747. The zero-order chi connectivity index (χ0) is 21.2. The molecule has 0 spiro atoms. The van der Waals surface area contributed by atoms with Crippen LogP contribution >= 0.6 is 0 Å². The lowest BCUT2D eigenvalue weighted by Crippen LogP contribution is -2.41. The Bertz CT molecular complexity index is 896. The Kier molecular flexibility index (Phi) is 5.71. The van der Waals surface area contributed by atoms with Gasteiger partial charge in [-0.25, -0.2) is 19.6 Å². The van der Waals surface area contributed by atoms with E-state index in [0.29, 0.717) is 18.8 Å². The van der Waals surface area contributed by atoms with Crippen LogP contribution in [-0.4, -0.2) is 62.9 Å². The van der Waals surface area contributed by atoms with Gasteiger partial charge in [-0.2, -0.15) is 5.10 Å². The number of anilines is 1. The third kappa shape index (κ3) is 4.64. The van der Waals surface area contributed by atoms with Gasteiger partial charge in [0, 0.05) is 30.3 Å². The Hall–Kier alpha value is -3.17. The van der Waals surface area contributed by atoms with E-state index in [1.807, 2.05) is 20.8 Å². The molecule has 156 valence electrons. The van der Waals surface area contributed by atoms with Crippen LogP contribution in [0.5, 0.6) is 0 Å². The molecule has 2 aromatic rings. The molecule has 0 aromatic carbocycles. The van der Waals surface area contributed by atoms with Crippen LogP contribution in [0.2, 0.25) is 0 Å². The summed E-state index contributed by atoms with van der Waals surface area (Å²) >= 11 is 0. The highest BCUT2D eigenvalue weighted by Gasteiger charge is 2.30. The van der Waals surface area contributed by atoms with Gasteiger partial charge in [0.2, 0.25) is 0 Å². The van der Waals surface area contributed by atoms with Crippen LogP contribution in [0.25, 0.3) is 11.3 Å². The summed E-state index contributed by atoms with van der Waals surface area (Å²) in [6.07, 6.45) is 4.36. The number of nitrogens with zero attached hydrogens (tertiary/aromatic N) is 4. The molecule has 2 aromatic heterocycles. The summed E-state index contributed by atoms with van der Waals surface area (Å²) in [7, 11) is 1.26. The molecule has 3 heterocycles. The number of hydrogen-bond donors (Lipinski definition) is 2. The van der Waals surface area contributed by atoms with Gasteiger partial charge in [0.25, 0.3) is 0 Å². The Balaban J connectivity index is 1.75. The van der Waals surface area contributed by atoms with Gasteiger partial charge in [-0.05, 0) is 33.6 Å².